The van der Waals surface area contributed by atoms with Gasteiger partial charge in [-0.1, -0.05) is 12.1 Å². The van der Waals surface area contributed by atoms with Gasteiger partial charge in [-0.3, -0.25) is 4.79 Å². The molecule has 2 aromatic carbocycles. The van der Waals surface area contributed by atoms with Crippen LogP contribution >= 0.6 is 0 Å². The van der Waals surface area contributed by atoms with E-state index in [1.54, 1.807) is 35.9 Å². The molecule has 0 fully saturated rings. The molecule has 30 heavy (non-hydrogen) atoms. The average molecular weight is 415 g/mol. The third kappa shape index (κ3) is 4.17. The zero-order valence-corrected chi connectivity index (χ0v) is 16.3. The average Bonchev–Trinajstić information content (AvgIpc) is 3.09. The summed E-state index contributed by atoms with van der Waals surface area (Å²) in [4.78, 5) is 23.5. The summed E-state index contributed by atoms with van der Waals surface area (Å²) >= 11 is 0. The van der Waals surface area contributed by atoms with E-state index >= 15 is 0 Å². The van der Waals surface area contributed by atoms with Crippen LogP contribution in [0.25, 0.3) is 16.7 Å². The number of ether oxygens (including phenoxy) is 2. The molecular formula is C22H19F2NO5. The highest BCUT2D eigenvalue weighted by Crippen LogP contribution is 2.34. The number of nitrogens with zero attached hydrogens (tertiary/aromatic N) is 1. The van der Waals surface area contributed by atoms with Gasteiger partial charge in [0.25, 0.3) is 5.78 Å². The Labute approximate surface area is 170 Å². The van der Waals surface area contributed by atoms with Crippen LogP contribution in [0.2, 0.25) is 0 Å². The molecule has 0 bridgehead atoms. The summed E-state index contributed by atoms with van der Waals surface area (Å²) in [6.07, 6.45) is 2.32. The van der Waals surface area contributed by atoms with E-state index in [-0.39, 0.29) is 18.7 Å². The van der Waals surface area contributed by atoms with Crippen molar-refractivity contribution >= 4 is 28.4 Å². The van der Waals surface area contributed by atoms with Crippen LogP contribution in [0.1, 0.15) is 18.1 Å². The van der Waals surface area contributed by atoms with Crippen LogP contribution in [0.5, 0.6) is 5.75 Å². The summed E-state index contributed by atoms with van der Waals surface area (Å²) in [5.41, 5.74) is 1.35. The number of benzene rings is 2. The highest BCUT2D eigenvalue weighted by Gasteiger charge is 2.19. The molecule has 0 amide bonds. The molecule has 0 spiro atoms. The summed E-state index contributed by atoms with van der Waals surface area (Å²) in [6.45, 7) is 1.76. The van der Waals surface area contributed by atoms with Crippen LogP contribution in [-0.2, 0) is 20.9 Å². The number of halogens is 2. The lowest BCUT2D eigenvalue weighted by Gasteiger charge is -2.07. The molecular weight excluding hydrogens is 396 g/mol. The molecule has 0 saturated carbocycles. The first-order chi connectivity index (χ1) is 14.3. The van der Waals surface area contributed by atoms with Crippen molar-refractivity contribution in [3.8, 4) is 5.75 Å². The van der Waals surface area contributed by atoms with Crippen molar-refractivity contribution in [3.05, 3.63) is 71.4 Å². The number of fused-ring (bicyclic) bond motifs is 1. The largest absolute Gasteiger partial charge is 0.507 e. The second-order valence-corrected chi connectivity index (χ2v) is 6.39. The van der Waals surface area contributed by atoms with Gasteiger partial charge in [-0.15, -0.1) is 0 Å². The smallest absolute Gasteiger partial charge is 0.379 e. The molecule has 0 aliphatic carbocycles. The Balaban J connectivity index is 2.09. The van der Waals surface area contributed by atoms with Gasteiger partial charge < -0.3 is 19.1 Å². The monoisotopic (exact) mass is 415 g/mol. The molecule has 0 radical (unpaired) electrons. The normalized spacial score (nSPS) is 11.5. The van der Waals surface area contributed by atoms with E-state index in [2.05, 4.69) is 4.74 Å². The first kappa shape index (κ1) is 21.0. The van der Waals surface area contributed by atoms with E-state index in [0.717, 1.165) is 18.2 Å². The standard InChI is InChI=1S/C22H19F2NO5/c1-3-30-22(28)19(27)10-18(26)14-12-25(11-13-7-8-15(23)16(24)9-13)17-5-4-6-20(29-2)21(14)17/h4-10,12,26H,3,11H2,1-2H3. The molecule has 3 rings (SSSR count). The SMILES string of the molecule is CCOC(=O)C(=O)C=C(O)c1cn(Cc2ccc(F)c(F)c2)c2cccc(OC)c12. The molecule has 156 valence electrons. The zero-order chi connectivity index (χ0) is 21.8. The first-order valence-electron chi connectivity index (χ1n) is 9.07. The van der Waals surface area contributed by atoms with Crippen molar-refractivity contribution < 1.29 is 33.0 Å². The van der Waals surface area contributed by atoms with Gasteiger partial charge in [0, 0.05) is 24.4 Å². The number of esters is 1. The molecule has 1 aromatic heterocycles. The van der Waals surface area contributed by atoms with E-state index in [1.165, 1.54) is 13.2 Å². The Kier molecular flexibility index (Phi) is 6.15. The first-order valence-corrected chi connectivity index (χ1v) is 9.07. The second-order valence-electron chi connectivity index (χ2n) is 6.39. The number of methoxy groups -OCH3 is 1. The van der Waals surface area contributed by atoms with Crippen molar-refractivity contribution in [3.63, 3.8) is 0 Å². The minimum Gasteiger partial charge on any atom is -0.507 e. The Morgan fingerprint density at radius 2 is 1.93 bits per heavy atom. The van der Waals surface area contributed by atoms with Gasteiger partial charge in [0.1, 0.15) is 11.5 Å². The van der Waals surface area contributed by atoms with E-state index < -0.39 is 29.1 Å². The van der Waals surface area contributed by atoms with Crippen LogP contribution in [0.4, 0.5) is 8.78 Å². The number of aliphatic hydroxyl groups excluding tert-OH is 1. The number of aromatic nitrogens is 1. The summed E-state index contributed by atoms with van der Waals surface area (Å²) in [5, 5.41) is 11.0. The molecule has 0 atom stereocenters. The predicted molar refractivity (Wildman–Crippen MR) is 106 cm³/mol. The molecule has 1 heterocycles. The highest BCUT2D eigenvalue weighted by atomic mass is 19.2. The fourth-order valence-electron chi connectivity index (χ4n) is 3.11. The third-order valence-corrected chi connectivity index (χ3v) is 4.45. The van der Waals surface area contributed by atoms with E-state index in [1.807, 2.05) is 0 Å². The fraction of sp³-hybridized carbons (Fsp3) is 0.182. The van der Waals surface area contributed by atoms with Gasteiger partial charge in [0.15, 0.2) is 11.6 Å². The minimum absolute atomic E-state index is 0.0283. The van der Waals surface area contributed by atoms with Crippen molar-refractivity contribution in [2.45, 2.75) is 13.5 Å². The fourth-order valence-corrected chi connectivity index (χ4v) is 3.11. The van der Waals surface area contributed by atoms with Gasteiger partial charge >= 0.3 is 5.97 Å². The molecule has 8 heteroatoms. The maximum absolute atomic E-state index is 13.6. The van der Waals surface area contributed by atoms with Crippen molar-refractivity contribution in [2.24, 2.45) is 0 Å². The van der Waals surface area contributed by atoms with Gasteiger partial charge in [0.2, 0.25) is 0 Å². The van der Waals surface area contributed by atoms with Gasteiger partial charge in [-0.05, 0) is 36.8 Å². The molecule has 1 N–H and O–H groups in total. The van der Waals surface area contributed by atoms with Crippen LogP contribution in [0.3, 0.4) is 0 Å². The Morgan fingerprint density at radius 3 is 2.60 bits per heavy atom. The lowest BCUT2D eigenvalue weighted by Crippen LogP contribution is -2.15. The predicted octanol–water partition coefficient (Wildman–Crippen LogP) is 4.01. The highest BCUT2D eigenvalue weighted by molar-refractivity contribution is 6.39. The zero-order valence-electron chi connectivity index (χ0n) is 16.3. The third-order valence-electron chi connectivity index (χ3n) is 4.45. The molecule has 0 aliphatic rings. The summed E-state index contributed by atoms with van der Waals surface area (Å²) in [5.74, 6) is -4.03. The Morgan fingerprint density at radius 1 is 1.17 bits per heavy atom. The molecule has 3 aromatic rings. The number of aliphatic hydroxyl groups is 1. The number of rotatable bonds is 7. The molecule has 6 nitrogen and oxygen atoms in total. The quantitative estimate of drug-likeness (QED) is 0.273. The van der Waals surface area contributed by atoms with Crippen LogP contribution < -0.4 is 4.74 Å². The van der Waals surface area contributed by atoms with Gasteiger partial charge in [-0.25, -0.2) is 13.6 Å². The van der Waals surface area contributed by atoms with Crippen LogP contribution in [0.15, 0.2) is 48.7 Å². The van der Waals surface area contributed by atoms with Crippen molar-refractivity contribution in [2.75, 3.05) is 13.7 Å². The second kappa shape index (κ2) is 8.77. The van der Waals surface area contributed by atoms with Crippen molar-refractivity contribution in [1.82, 2.24) is 4.57 Å². The molecule has 0 unspecified atom stereocenters. The lowest BCUT2D eigenvalue weighted by atomic mass is 10.1. The maximum Gasteiger partial charge on any atom is 0.379 e. The van der Waals surface area contributed by atoms with Gasteiger partial charge in [-0.2, -0.15) is 0 Å². The number of ketones is 1. The van der Waals surface area contributed by atoms with Crippen LogP contribution in [0, 0.1) is 11.6 Å². The Bertz CT molecular complexity index is 1150. The molecule has 0 saturated heterocycles. The van der Waals surface area contributed by atoms with Crippen LogP contribution in [-0.4, -0.2) is 35.1 Å². The molecule has 0 aliphatic heterocycles. The van der Waals surface area contributed by atoms with Gasteiger partial charge in [0.05, 0.1) is 24.6 Å². The Hall–Kier alpha value is -3.68. The number of hydrogen-bond acceptors (Lipinski definition) is 5. The summed E-state index contributed by atoms with van der Waals surface area (Å²) in [7, 11) is 1.45. The van der Waals surface area contributed by atoms with E-state index in [4.69, 9.17) is 4.74 Å². The summed E-state index contributed by atoms with van der Waals surface area (Å²) < 4.78 is 38.5. The van der Waals surface area contributed by atoms with E-state index in [9.17, 15) is 23.5 Å². The summed E-state index contributed by atoms with van der Waals surface area (Å²) in [6, 6.07) is 8.73. The number of carbonyl (C=O) groups is 2. The number of carbonyl (C=O) groups excluding carboxylic acids is 2. The number of hydrogen-bond donors (Lipinski definition) is 1. The maximum atomic E-state index is 13.6. The van der Waals surface area contributed by atoms with E-state index in [0.29, 0.717) is 22.2 Å². The minimum atomic E-state index is -1.08. The topological polar surface area (TPSA) is 77.8 Å². The lowest BCUT2D eigenvalue weighted by molar-refractivity contribution is -0.151. The van der Waals surface area contributed by atoms with Crippen molar-refractivity contribution in [1.29, 1.82) is 0 Å².